The number of amides is 1. The molecule has 128 valence electrons. The van der Waals surface area contributed by atoms with Gasteiger partial charge in [-0.05, 0) is 42.5 Å². The van der Waals surface area contributed by atoms with E-state index in [2.05, 4.69) is 5.32 Å². The van der Waals surface area contributed by atoms with Crippen LogP contribution in [0.2, 0.25) is 5.02 Å². The van der Waals surface area contributed by atoms with Crippen molar-refractivity contribution in [2.24, 2.45) is 0 Å². The molecule has 0 atom stereocenters. The zero-order valence-corrected chi connectivity index (χ0v) is 14.5. The van der Waals surface area contributed by atoms with Crippen molar-refractivity contribution in [3.63, 3.8) is 0 Å². The molecular formula is C19H16ClNO4. The molecule has 3 aromatic rings. The van der Waals surface area contributed by atoms with Crippen LogP contribution >= 0.6 is 11.6 Å². The predicted octanol–water partition coefficient (Wildman–Crippen LogP) is 4.76. The lowest BCUT2D eigenvalue weighted by molar-refractivity contribution is -0.111. The van der Waals surface area contributed by atoms with Crippen LogP contribution < -0.4 is 14.8 Å². The van der Waals surface area contributed by atoms with Crippen LogP contribution in [0.25, 0.3) is 17.0 Å². The molecule has 1 N–H and O–H groups in total. The first kappa shape index (κ1) is 16.9. The van der Waals surface area contributed by atoms with Crippen LogP contribution in [0.3, 0.4) is 0 Å². The van der Waals surface area contributed by atoms with Gasteiger partial charge in [0.05, 0.1) is 19.9 Å². The lowest BCUT2D eigenvalue weighted by Crippen LogP contribution is -2.08. The second-order valence-electron chi connectivity index (χ2n) is 5.22. The molecule has 5 nitrogen and oxygen atoms in total. The molecule has 0 aliphatic heterocycles. The Morgan fingerprint density at radius 3 is 2.72 bits per heavy atom. The fourth-order valence-corrected chi connectivity index (χ4v) is 2.53. The fourth-order valence-electron chi connectivity index (χ4n) is 2.35. The van der Waals surface area contributed by atoms with Crippen molar-refractivity contribution < 1.29 is 18.7 Å². The van der Waals surface area contributed by atoms with Crippen molar-refractivity contribution in [3.05, 3.63) is 59.3 Å². The van der Waals surface area contributed by atoms with Crippen LogP contribution in [0.5, 0.6) is 11.5 Å². The third kappa shape index (κ3) is 3.95. The van der Waals surface area contributed by atoms with Gasteiger partial charge in [0.1, 0.15) is 22.8 Å². The number of halogens is 1. The predicted molar refractivity (Wildman–Crippen MR) is 98.4 cm³/mol. The van der Waals surface area contributed by atoms with Crippen LogP contribution in [0, 0.1) is 0 Å². The summed E-state index contributed by atoms with van der Waals surface area (Å²) >= 11 is 5.95. The molecule has 0 aliphatic carbocycles. The number of benzene rings is 2. The van der Waals surface area contributed by atoms with E-state index >= 15 is 0 Å². The number of fused-ring (bicyclic) bond motifs is 1. The van der Waals surface area contributed by atoms with Gasteiger partial charge in [-0.2, -0.15) is 0 Å². The maximum Gasteiger partial charge on any atom is 0.248 e. The molecule has 1 aromatic heterocycles. The highest BCUT2D eigenvalue weighted by Crippen LogP contribution is 2.29. The molecule has 0 aliphatic rings. The third-order valence-corrected chi connectivity index (χ3v) is 3.80. The molecule has 0 bridgehead atoms. The lowest BCUT2D eigenvalue weighted by Gasteiger charge is -2.10. The van der Waals surface area contributed by atoms with Crippen LogP contribution in [0.4, 0.5) is 5.69 Å². The number of carbonyl (C=O) groups is 1. The number of rotatable bonds is 5. The number of carbonyl (C=O) groups excluding carboxylic acids is 1. The number of anilines is 1. The lowest BCUT2D eigenvalue weighted by atomic mass is 10.2. The topological polar surface area (TPSA) is 60.7 Å². The molecule has 0 unspecified atom stereocenters. The van der Waals surface area contributed by atoms with E-state index in [-0.39, 0.29) is 5.91 Å². The quantitative estimate of drug-likeness (QED) is 0.669. The van der Waals surface area contributed by atoms with Crippen molar-refractivity contribution >= 4 is 40.2 Å². The SMILES string of the molecule is COc1ccc(NC(=O)/C=C/c2cc3cc(Cl)ccc3o2)c(OC)c1. The van der Waals surface area contributed by atoms with Crippen LogP contribution in [-0.2, 0) is 4.79 Å². The molecule has 0 fully saturated rings. The van der Waals surface area contributed by atoms with E-state index in [1.165, 1.54) is 13.2 Å². The van der Waals surface area contributed by atoms with Gasteiger partial charge in [0, 0.05) is 22.6 Å². The molecule has 2 aromatic carbocycles. The van der Waals surface area contributed by atoms with Gasteiger partial charge in [0.25, 0.3) is 0 Å². The summed E-state index contributed by atoms with van der Waals surface area (Å²) < 4.78 is 16.0. The molecule has 0 spiro atoms. The molecule has 6 heteroatoms. The molecular weight excluding hydrogens is 342 g/mol. The average molecular weight is 358 g/mol. The monoisotopic (exact) mass is 357 g/mol. The number of hydrogen-bond donors (Lipinski definition) is 1. The normalized spacial score (nSPS) is 11.0. The van der Waals surface area contributed by atoms with Crippen molar-refractivity contribution in [1.82, 2.24) is 0 Å². The Balaban J connectivity index is 1.74. The summed E-state index contributed by atoms with van der Waals surface area (Å²) in [5.74, 6) is 1.42. The number of methoxy groups -OCH3 is 2. The van der Waals surface area contributed by atoms with Gasteiger partial charge >= 0.3 is 0 Å². The molecule has 0 radical (unpaired) electrons. The molecule has 0 saturated carbocycles. The van der Waals surface area contributed by atoms with Gasteiger partial charge in [0.15, 0.2) is 0 Å². The van der Waals surface area contributed by atoms with Gasteiger partial charge in [-0.3, -0.25) is 4.79 Å². The third-order valence-electron chi connectivity index (χ3n) is 3.56. The summed E-state index contributed by atoms with van der Waals surface area (Å²) in [6.07, 6.45) is 2.99. The summed E-state index contributed by atoms with van der Waals surface area (Å²) in [4.78, 5) is 12.1. The summed E-state index contributed by atoms with van der Waals surface area (Å²) in [5.41, 5.74) is 1.26. The number of furan rings is 1. The zero-order valence-electron chi connectivity index (χ0n) is 13.7. The Morgan fingerprint density at radius 2 is 1.96 bits per heavy atom. The zero-order chi connectivity index (χ0) is 17.8. The van der Waals surface area contributed by atoms with E-state index in [9.17, 15) is 4.79 Å². The Labute approximate surface area is 149 Å². The van der Waals surface area contributed by atoms with Gasteiger partial charge in [-0.1, -0.05) is 11.6 Å². The van der Waals surface area contributed by atoms with Crippen LogP contribution in [-0.4, -0.2) is 20.1 Å². The summed E-state index contributed by atoms with van der Waals surface area (Å²) in [6.45, 7) is 0. The molecule has 25 heavy (non-hydrogen) atoms. The Hall–Kier alpha value is -2.92. The Bertz CT molecular complexity index is 946. The number of ether oxygens (including phenoxy) is 2. The van der Waals surface area contributed by atoms with E-state index in [1.807, 2.05) is 6.07 Å². The molecule has 0 saturated heterocycles. The van der Waals surface area contributed by atoms with Crippen LogP contribution in [0.1, 0.15) is 5.76 Å². The molecule has 1 heterocycles. The largest absolute Gasteiger partial charge is 0.497 e. The summed E-state index contributed by atoms with van der Waals surface area (Å²) in [6, 6.07) is 12.3. The average Bonchev–Trinajstić information content (AvgIpc) is 3.02. The van der Waals surface area contributed by atoms with Gasteiger partial charge in [0.2, 0.25) is 5.91 Å². The maximum absolute atomic E-state index is 12.1. The fraction of sp³-hybridized carbons (Fsp3) is 0.105. The van der Waals surface area contributed by atoms with Gasteiger partial charge in [-0.25, -0.2) is 0 Å². The first-order chi connectivity index (χ1) is 12.1. The first-order valence-electron chi connectivity index (χ1n) is 7.49. The van der Waals surface area contributed by atoms with Gasteiger partial charge in [-0.15, -0.1) is 0 Å². The highest BCUT2D eigenvalue weighted by atomic mass is 35.5. The number of nitrogens with one attached hydrogen (secondary N) is 1. The minimum absolute atomic E-state index is 0.304. The van der Waals surface area contributed by atoms with Crippen molar-refractivity contribution in [2.45, 2.75) is 0 Å². The standard InChI is InChI=1S/C19H16ClNO4/c1-23-14-4-6-16(18(11-14)24-2)21-19(22)8-5-15-10-12-9-13(20)3-7-17(12)25-15/h3-11H,1-2H3,(H,21,22)/b8-5+. The second-order valence-corrected chi connectivity index (χ2v) is 5.66. The van der Waals surface area contributed by atoms with Crippen molar-refractivity contribution in [1.29, 1.82) is 0 Å². The van der Waals surface area contributed by atoms with E-state index in [0.717, 1.165) is 5.39 Å². The summed E-state index contributed by atoms with van der Waals surface area (Å²) in [5, 5.41) is 4.27. The number of hydrogen-bond acceptors (Lipinski definition) is 4. The minimum Gasteiger partial charge on any atom is -0.497 e. The smallest absolute Gasteiger partial charge is 0.248 e. The van der Waals surface area contributed by atoms with E-state index in [4.69, 9.17) is 25.5 Å². The van der Waals surface area contributed by atoms with Gasteiger partial charge < -0.3 is 19.2 Å². The Kier molecular flexibility index (Phi) is 4.95. The molecule has 1 amide bonds. The van der Waals surface area contributed by atoms with Crippen molar-refractivity contribution in [2.75, 3.05) is 19.5 Å². The highest BCUT2D eigenvalue weighted by molar-refractivity contribution is 6.31. The maximum atomic E-state index is 12.1. The van der Waals surface area contributed by atoms with E-state index in [1.54, 1.807) is 49.6 Å². The molecule has 3 rings (SSSR count). The minimum atomic E-state index is -0.304. The van der Waals surface area contributed by atoms with E-state index in [0.29, 0.717) is 33.6 Å². The van der Waals surface area contributed by atoms with E-state index < -0.39 is 0 Å². The second kappa shape index (κ2) is 7.32. The first-order valence-corrected chi connectivity index (χ1v) is 7.87. The summed E-state index contributed by atoms with van der Waals surface area (Å²) in [7, 11) is 3.09. The highest BCUT2D eigenvalue weighted by Gasteiger charge is 2.08. The van der Waals surface area contributed by atoms with Crippen molar-refractivity contribution in [3.8, 4) is 11.5 Å². The Morgan fingerprint density at radius 1 is 1.12 bits per heavy atom. The van der Waals surface area contributed by atoms with Crippen LogP contribution in [0.15, 0.2) is 53.0 Å².